The van der Waals surface area contributed by atoms with Gasteiger partial charge >= 0.3 is 0 Å². The van der Waals surface area contributed by atoms with Crippen molar-refractivity contribution in [1.29, 1.82) is 0 Å². The molecule has 1 N–H and O–H groups in total. The van der Waals surface area contributed by atoms with Crippen molar-refractivity contribution in [2.45, 2.75) is 37.0 Å². The van der Waals surface area contributed by atoms with Crippen molar-refractivity contribution >= 4 is 44.6 Å². The maximum absolute atomic E-state index is 13.1. The molecule has 1 amide bonds. The Balaban J connectivity index is 1.46. The number of nitrogens with zero attached hydrogens (tertiary/aromatic N) is 3. The van der Waals surface area contributed by atoms with Crippen LogP contribution in [-0.4, -0.2) is 41.9 Å². The molecule has 2 aromatic carbocycles. The van der Waals surface area contributed by atoms with Crippen LogP contribution in [0.25, 0.3) is 0 Å². The van der Waals surface area contributed by atoms with Gasteiger partial charge in [-0.2, -0.15) is 4.31 Å². The molecule has 1 saturated heterocycles. The first-order valence-electron chi connectivity index (χ1n) is 10.4. The van der Waals surface area contributed by atoms with E-state index in [9.17, 15) is 13.2 Å². The molecule has 32 heavy (non-hydrogen) atoms. The van der Waals surface area contributed by atoms with Gasteiger partial charge in [-0.3, -0.25) is 4.79 Å². The molecule has 3 aromatic rings. The highest BCUT2D eigenvalue weighted by Gasteiger charge is 2.32. The number of hydrogen-bond acceptors (Lipinski definition) is 6. The van der Waals surface area contributed by atoms with Crippen LogP contribution >= 0.6 is 22.9 Å². The van der Waals surface area contributed by atoms with E-state index >= 15 is 0 Å². The van der Waals surface area contributed by atoms with Gasteiger partial charge in [-0.25, -0.2) is 8.42 Å². The molecule has 0 radical (unpaired) electrons. The number of halogens is 1. The smallest absolute Gasteiger partial charge is 0.286 e. The van der Waals surface area contributed by atoms with Crippen molar-refractivity contribution in [1.82, 2.24) is 14.5 Å². The summed E-state index contributed by atoms with van der Waals surface area (Å²) in [5.41, 5.74) is 1.71. The second kappa shape index (κ2) is 9.66. The number of carbonyl (C=O) groups is 1. The molecule has 0 bridgehead atoms. The van der Waals surface area contributed by atoms with Gasteiger partial charge in [0.1, 0.15) is 5.01 Å². The van der Waals surface area contributed by atoms with Gasteiger partial charge in [-0.15, -0.1) is 10.2 Å². The van der Waals surface area contributed by atoms with Crippen molar-refractivity contribution in [3.8, 4) is 0 Å². The van der Waals surface area contributed by atoms with Crippen LogP contribution in [0.2, 0.25) is 5.02 Å². The molecule has 1 atom stereocenters. The molecule has 1 fully saturated rings. The average Bonchev–Trinajstić information content (AvgIpc) is 3.31. The summed E-state index contributed by atoms with van der Waals surface area (Å²) in [6, 6.07) is 13.8. The van der Waals surface area contributed by atoms with Gasteiger partial charge in [-0.05, 0) is 61.2 Å². The third-order valence-corrected chi connectivity index (χ3v) is 8.66. The van der Waals surface area contributed by atoms with Crippen molar-refractivity contribution in [3.63, 3.8) is 0 Å². The van der Waals surface area contributed by atoms with Crippen LogP contribution in [0.15, 0.2) is 53.4 Å². The van der Waals surface area contributed by atoms with Gasteiger partial charge in [0.05, 0.1) is 4.90 Å². The summed E-state index contributed by atoms with van der Waals surface area (Å²) in [5.74, 6) is -0.449. The first kappa shape index (κ1) is 22.8. The van der Waals surface area contributed by atoms with Gasteiger partial charge in [-0.1, -0.05) is 42.0 Å². The van der Waals surface area contributed by atoms with Gasteiger partial charge in [0, 0.05) is 29.7 Å². The molecule has 10 heteroatoms. The monoisotopic (exact) mass is 490 g/mol. The number of aryl methyl sites for hydroxylation is 1. The number of rotatable bonds is 6. The van der Waals surface area contributed by atoms with Crippen LogP contribution in [0.1, 0.15) is 46.1 Å². The minimum absolute atomic E-state index is 0.0944. The molecule has 1 aromatic heterocycles. The Hall–Kier alpha value is -2.33. The fraction of sp³-hybridized carbons (Fsp3) is 0.318. The zero-order chi connectivity index (χ0) is 22.7. The van der Waals surface area contributed by atoms with Crippen LogP contribution in [-0.2, 0) is 16.4 Å². The summed E-state index contributed by atoms with van der Waals surface area (Å²) in [5, 5.41) is 12.5. The number of sulfonamides is 1. The first-order chi connectivity index (χ1) is 15.4. The molecule has 2 heterocycles. The van der Waals surface area contributed by atoms with E-state index in [1.807, 2.05) is 19.1 Å². The maximum Gasteiger partial charge on any atom is 0.286 e. The zero-order valence-corrected chi connectivity index (χ0v) is 19.9. The van der Waals surface area contributed by atoms with Crippen LogP contribution in [0.5, 0.6) is 0 Å². The minimum Gasteiger partial charge on any atom is -0.320 e. The number of benzene rings is 2. The minimum atomic E-state index is -3.58. The molecule has 0 saturated carbocycles. The van der Waals surface area contributed by atoms with E-state index in [0.29, 0.717) is 33.7 Å². The topological polar surface area (TPSA) is 92.3 Å². The Morgan fingerprint density at radius 2 is 1.88 bits per heavy atom. The van der Waals surface area contributed by atoms with E-state index in [-0.39, 0.29) is 16.8 Å². The SMILES string of the molecule is CCc1ccc(S(=O)(=O)N2CCC[C@@H](c3nnc(C(=O)Nc4ccc(Cl)cc4)s3)C2)cc1. The normalized spacial score (nSPS) is 17.2. The second-order valence-electron chi connectivity index (χ2n) is 7.61. The van der Waals surface area contributed by atoms with E-state index in [1.54, 1.807) is 36.4 Å². The van der Waals surface area contributed by atoms with Gasteiger partial charge in [0.25, 0.3) is 5.91 Å². The molecule has 1 aliphatic heterocycles. The Kier molecular flexibility index (Phi) is 6.90. The third kappa shape index (κ3) is 5.01. The highest BCUT2D eigenvalue weighted by molar-refractivity contribution is 7.89. The number of carbonyl (C=O) groups excluding carboxylic acids is 1. The molecule has 0 spiro atoms. The number of hydrogen-bond donors (Lipinski definition) is 1. The Bertz CT molecular complexity index is 1190. The predicted octanol–water partition coefficient (Wildman–Crippen LogP) is 4.57. The van der Waals surface area contributed by atoms with Crippen LogP contribution in [0, 0.1) is 0 Å². The molecule has 7 nitrogen and oxygen atoms in total. The Morgan fingerprint density at radius 1 is 1.16 bits per heavy atom. The lowest BCUT2D eigenvalue weighted by atomic mass is 10.0. The van der Waals surface area contributed by atoms with Gasteiger partial charge < -0.3 is 5.32 Å². The number of nitrogens with one attached hydrogen (secondary N) is 1. The van der Waals surface area contributed by atoms with E-state index in [4.69, 9.17) is 11.6 Å². The van der Waals surface area contributed by atoms with Crippen molar-refractivity contribution < 1.29 is 13.2 Å². The summed E-state index contributed by atoms with van der Waals surface area (Å²) < 4.78 is 27.8. The largest absolute Gasteiger partial charge is 0.320 e. The highest BCUT2D eigenvalue weighted by Crippen LogP contribution is 2.32. The molecular formula is C22H23ClN4O3S2. The standard InChI is InChI=1S/C22H23ClN4O3S2/c1-2-15-5-11-19(12-6-15)32(29,30)27-13-3-4-16(14-27)21-25-26-22(31-21)20(28)24-18-9-7-17(23)8-10-18/h5-12,16H,2-4,13-14H2,1H3,(H,24,28)/t16-/m1/s1. The number of anilines is 1. The third-order valence-electron chi connectivity index (χ3n) is 5.44. The fourth-order valence-corrected chi connectivity index (χ4v) is 6.13. The molecule has 168 valence electrons. The zero-order valence-electron chi connectivity index (χ0n) is 17.5. The van der Waals surface area contributed by atoms with Crippen molar-refractivity contribution in [2.24, 2.45) is 0 Å². The van der Waals surface area contributed by atoms with Crippen molar-refractivity contribution in [2.75, 3.05) is 18.4 Å². The summed E-state index contributed by atoms with van der Waals surface area (Å²) in [4.78, 5) is 12.8. The highest BCUT2D eigenvalue weighted by atomic mass is 35.5. The molecule has 0 aliphatic carbocycles. The number of amides is 1. The van der Waals surface area contributed by atoms with E-state index in [0.717, 1.165) is 24.8 Å². The van der Waals surface area contributed by atoms with Crippen LogP contribution in [0.4, 0.5) is 5.69 Å². The summed E-state index contributed by atoms with van der Waals surface area (Å²) >= 11 is 7.07. The fourth-order valence-electron chi connectivity index (χ4n) is 3.62. The first-order valence-corrected chi connectivity index (χ1v) is 13.0. The predicted molar refractivity (Wildman–Crippen MR) is 126 cm³/mol. The molecule has 4 rings (SSSR count). The number of aromatic nitrogens is 2. The molecule has 0 unspecified atom stereocenters. The Labute approximate surface area is 196 Å². The maximum atomic E-state index is 13.1. The second-order valence-corrected chi connectivity index (χ2v) is 11.0. The van der Waals surface area contributed by atoms with E-state index in [1.165, 1.54) is 15.6 Å². The van der Waals surface area contributed by atoms with Gasteiger partial charge in [0.15, 0.2) is 0 Å². The number of piperidine rings is 1. The lowest BCUT2D eigenvalue weighted by Crippen LogP contribution is -2.39. The van der Waals surface area contributed by atoms with E-state index < -0.39 is 10.0 Å². The lowest BCUT2D eigenvalue weighted by Gasteiger charge is -2.30. The van der Waals surface area contributed by atoms with Gasteiger partial charge in [0.2, 0.25) is 15.0 Å². The summed E-state index contributed by atoms with van der Waals surface area (Å²) in [7, 11) is -3.58. The quantitative estimate of drug-likeness (QED) is 0.546. The van der Waals surface area contributed by atoms with E-state index in [2.05, 4.69) is 15.5 Å². The van der Waals surface area contributed by atoms with Crippen molar-refractivity contribution in [3.05, 3.63) is 69.1 Å². The average molecular weight is 491 g/mol. The Morgan fingerprint density at radius 3 is 2.56 bits per heavy atom. The van der Waals surface area contributed by atoms with Crippen LogP contribution < -0.4 is 5.32 Å². The molecular weight excluding hydrogens is 468 g/mol. The summed E-state index contributed by atoms with van der Waals surface area (Å²) in [6.45, 7) is 2.83. The lowest BCUT2D eigenvalue weighted by molar-refractivity contribution is 0.102. The summed E-state index contributed by atoms with van der Waals surface area (Å²) in [6.07, 6.45) is 2.38. The van der Waals surface area contributed by atoms with Crippen LogP contribution in [0.3, 0.4) is 0 Å². The molecule has 1 aliphatic rings.